The number of piperidine rings is 1. The van der Waals surface area contributed by atoms with Crippen molar-refractivity contribution < 1.29 is 4.74 Å². The van der Waals surface area contributed by atoms with Crippen LogP contribution < -0.4 is 10.6 Å². The normalized spacial score (nSPS) is 30.1. The molecule has 156 valence electrons. The van der Waals surface area contributed by atoms with E-state index in [2.05, 4.69) is 51.7 Å². The third kappa shape index (κ3) is 5.39. The minimum absolute atomic E-state index is 0. The van der Waals surface area contributed by atoms with Gasteiger partial charge in [-0.1, -0.05) is 31.2 Å². The van der Waals surface area contributed by atoms with E-state index in [-0.39, 0.29) is 24.0 Å². The number of hydrogen-bond acceptors (Lipinski definition) is 3. The fourth-order valence-corrected chi connectivity index (χ4v) is 4.89. The van der Waals surface area contributed by atoms with Crippen molar-refractivity contribution in [2.45, 2.75) is 70.4 Å². The van der Waals surface area contributed by atoms with Crippen molar-refractivity contribution in [2.24, 2.45) is 10.9 Å². The van der Waals surface area contributed by atoms with Crippen molar-refractivity contribution in [2.75, 3.05) is 20.1 Å². The van der Waals surface area contributed by atoms with Crippen LogP contribution in [-0.2, 0) is 17.8 Å². The molecule has 28 heavy (non-hydrogen) atoms. The maximum atomic E-state index is 5.95. The van der Waals surface area contributed by atoms with Crippen molar-refractivity contribution in [1.29, 1.82) is 0 Å². The molecule has 2 bridgehead atoms. The molecule has 4 unspecified atom stereocenters. The summed E-state index contributed by atoms with van der Waals surface area (Å²) in [6.07, 6.45) is 7.02. The summed E-state index contributed by atoms with van der Waals surface area (Å²) in [6.45, 7) is 6.67. The molecule has 0 amide bonds. The third-order valence-corrected chi connectivity index (χ3v) is 6.35. The number of nitrogens with zero attached hydrogens (tertiary/aromatic N) is 2. The maximum absolute atomic E-state index is 5.95. The molecule has 4 atom stereocenters. The van der Waals surface area contributed by atoms with Gasteiger partial charge >= 0.3 is 0 Å². The first-order chi connectivity index (χ1) is 13.2. The van der Waals surface area contributed by atoms with E-state index in [0.29, 0.717) is 18.2 Å². The number of rotatable bonds is 5. The lowest BCUT2D eigenvalue weighted by molar-refractivity contribution is 0.0992. The highest BCUT2D eigenvalue weighted by Gasteiger charge is 2.41. The summed E-state index contributed by atoms with van der Waals surface area (Å²) in [5, 5.41) is 7.10. The van der Waals surface area contributed by atoms with Crippen LogP contribution in [0.5, 0.6) is 0 Å². The topological polar surface area (TPSA) is 48.9 Å². The van der Waals surface area contributed by atoms with Gasteiger partial charge in [0.05, 0.1) is 18.2 Å². The number of hydrogen-bond donors (Lipinski definition) is 2. The molecular weight excluding hydrogens is 463 g/mol. The molecule has 0 aromatic heterocycles. The molecule has 1 aromatic carbocycles. The molecule has 3 aliphatic rings. The third-order valence-electron chi connectivity index (χ3n) is 6.35. The number of ether oxygens (including phenoxy) is 1. The van der Waals surface area contributed by atoms with E-state index in [1.807, 2.05) is 7.05 Å². The minimum Gasteiger partial charge on any atom is -0.373 e. The second kappa shape index (κ2) is 10.3. The zero-order valence-electron chi connectivity index (χ0n) is 17.2. The van der Waals surface area contributed by atoms with Crippen LogP contribution in [0, 0.1) is 5.92 Å². The van der Waals surface area contributed by atoms with Gasteiger partial charge in [-0.25, -0.2) is 0 Å². The summed E-state index contributed by atoms with van der Waals surface area (Å²) in [6, 6.07) is 9.21. The second-order valence-electron chi connectivity index (χ2n) is 8.54. The molecule has 4 rings (SSSR count). The van der Waals surface area contributed by atoms with Crippen molar-refractivity contribution in [3.8, 4) is 0 Å². The highest BCUT2D eigenvalue weighted by Crippen LogP contribution is 2.34. The Balaban J connectivity index is 0.00000225. The first kappa shape index (κ1) is 21.8. The van der Waals surface area contributed by atoms with E-state index in [4.69, 9.17) is 4.74 Å². The molecule has 5 nitrogen and oxygen atoms in total. The van der Waals surface area contributed by atoms with Gasteiger partial charge in [-0.05, 0) is 55.7 Å². The highest BCUT2D eigenvalue weighted by molar-refractivity contribution is 14.0. The standard InChI is InChI=1S/C22H34N4O.HI/c1-16-6-5-11-26(14-16)15-18-8-4-3-7-17(18)13-24-22(23-2)25-20-12-19-9-10-21(20)27-19;/h3-4,7-8,16,19-21H,5-6,9-15H2,1-2H3,(H2,23,24,25);1H. The fourth-order valence-electron chi connectivity index (χ4n) is 4.89. The Kier molecular flexibility index (Phi) is 8.00. The van der Waals surface area contributed by atoms with Gasteiger partial charge < -0.3 is 15.4 Å². The lowest BCUT2D eigenvalue weighted by Crippen LogP contribution is -2.47. The van der Waals surface area contributed by atoms with Crippen LogP contribution in [0.3, 0.4) is 0 Å². The van der Waals surface area contributed by atoms with Gasteiger partial charge in [0.25, 0.3) is 0 Å². The molecule has 3 aliphatic heterocycles. The van der Waals surface area contributed by atoms with E-state index in [1.165, 1.54) is 49.9 Å². The number of halogens is 1. The second-order valence-corrected chi connectivity index (χ2v) is 8.54. The molecule has 6 heteroatoms. The summed E-state index contributed by atoms with van der Waals surface area (Å²) in [4.78, 5) is 7.04. The Bertz CT molecular complexity index is 668. The van der Waals surface area contributed by atoms with Gasteiger partial charge in [-0.3, -0.25) is 9.89 Å². The zero-order valence-corrected chi connectivity index (χ0v) is 19.5. The predicted molar refractivity (Wildman–Crippen MR) is 125 cm³/mol. The molecule has 0 saturated carbocycles. The molecule has 3 fully saturated rings. The summed E-state index contributed by atoms with van der Waals surface area (Å²) in [5.41, 5.74) is 2.79. The van der Waals surface area contributed by atoms with Crippen molar-refractivity contribution in [3.05, 3.63) is 35.4 Å². The van der Waals surface area contributed by atoms with Gasteiger partial charge in [0.15, 0.2) is 5.96 Å². The molecule has 0 spiro atoms. The van der Waals surface area contributed by atoms with Gasteiger partial charge in [0.2, 0.25) is 0 Å². The Morgan fingerprint density at radius 3 is 2.71 bits per heavy atom. The average molecular weight is 498 g/mol. The molecular formula is C22H35IN4O. The number of likely N-dealkylation sites (tertiary alicyclic amines) is 1. The van der Waals surface area contributed by atoms with E-state index >= 15 is 0 Å². The summed E-state index contributed by atoms with van der Waals surface area (Å²) >= 11 is 0. The smallest absolute Gasteiger partial charge is 0.191 e. The molecule has 2 N–H and O–H groups in total. The Morgan fingerprint density at radius 1 is 1.21 bits per heavy atom. The van der Waals surface area contributed by atoms with Gasteiger partial charge in [0, 0.05) is 26.7 Å². The zero-order chi connectivity index (χ0) is 18.6. The number of aliphatic imine (C=N–C) groups is 1. The Labute approximate surface area is 186 Å². The summed E-state index contributed by atoms with van der Waals surface area (Å²) in [7, 11) is 1.85. The quantitative estimate of drug-likeness (QED) is 0.371. The largest absolute Gasteiger partial charge is 0.373 e. The molecule has 3 saturated heterocycles. The molecule has 1 aromatic rings. The maximum Gasteiger partial charge on any atom is 0.191 e. The van der Waals surface area contributed by atoms with Crippen LogP contribution in [-0.4, -0.2) is 49.2 Å². The Morgan fingerprint density at radius 2 is 2.04 bits per heavy atom. The van der Waals surface area contributed by atoms with E-state index in [0.717, 1.165) is 31.4 Å². The monoisotopic (exact) mass is 498 g/mol. The van der Waals surface area contributed by atoms with Crippen LogP contribution in [0.4, 0.5) is 0 Å². The van der Waals surface area contributed by atoms with Gasteiger partial charge in [-0.15, -0.1) is 24.0 Å². The first-order valence-electron chi connectivity index (χ1n) is 10.6. The highest BCUT2D eigenvalue weighted by atomic mass is 127. The number of guanidine groups is 1. The van der Waals surface area contributed by atoms with Gasteiger partial charge in [0.1, 0.15) is 0 Å². The minimum atomic E-state index is 0. The van der Waals surface area contributed by atoms with Crippen molar-refractivity contribution in [1.82, 2.24) is 15.5 Å². The summed E-state index contributed by atoms with van der Waals surface area (Å²) in [5.74, 6) is 1.70. The average Bonchev–Trinajstić information content (AvgIpc) is 3.29. The lowest BCUT2D eigenvalue weighted by Gasteiger charge is -2.31. The lowest BCUT2D eigenvalue weighted by atomic mass is 9.96. The van der Waals surface area contributed by atoms with Crippen LogP contribution >= 0.6 is 24.0 Å². The predicted octanol–water partition coefficient (Wildman–Crippen LogP) is 3.52. The van der Waals surface area contributed by atoms with E-state index in [1.54, 1.807) is 0 Å². The van der Waals surface area contributed by atoms with Crippen LogP contribution in [0.2, 0.25) is 0 Å². The van der Waals surface area contributed by atoms with Crippen molar-refractivity contribution in [3.63, 3.8) is 0 Å². The summed E-state index contributed by atoms with van der Waals surface area (Å²) < 4.78 is 5.95. The molecule has 0 aliphatic carbocycles. The number of nitrogens with one attached hydrogen (secondary N) is 2. The first-order valence-corrected chi connectivity index (χ1v) is 10.6. The number of fused-ring (bicyclic) bond motifs is 2. The Hall–Kier alpha value is -0.860. The van der Waals surface area contributed by atoms with Crippen LogP contribution in [0.25, 0.3) is 0 Å². The molecule has 3 heterocycles. The SMILES string of the molecule is CN=C(NCc1ccccc1CN1CCCC(C)C1)NC1CC2CCC1O2.I. The fraction of sp³-hybridized carbons (Fsp3) is 0.682. The van der Waals surface area contributed by atoms with E-state index in [9.17, 15) is 0 Å². The van der Waals surface area contributed by atoms with Crippen molar-refractivity contribution >= 4 is 29.9 Å². The van der Waals surface area contributed by atoms with Crippen LogP contribution in [0.15, 0.2) is 29.3 Å². The number of benzene rings is 1. The van der Waals surface area contributed by atoms with E-state index < -0.39 is 0 Å². The van der Waals surface area contributed by atoms with Crippen LogP contribution in [0.1, 0.15) is 50.2 Å². The molecule has 0 radical (unpaired) electrons. The van der Waals surface area contributed by atoms with Gasteiger partial charge in [-0.2, -0.15) is 0 Å².